The summed E-state index contributed by atoms with van der Waals surface area (Å²) in [5, 5.41) is 4.90. The van der Waals surface area contributed by atoms with Gasteiger partial charge in [-0.1, -0.05) is 24.3 Å². The largest absolute Gasteiger partial charge is 0.378 e. The topological polar surface area (TPSA) is 67.7 Å². The monoisotopic (exact) mass is 488 g/mol. The highest BCUT2D eigenvalue weighted by molar-refractivity contribution is 7.98. The van der Waals surface area contributed by atoms with Gasteiger partial charge in [0.05, 0.1) is 24.6 Å². The summed E-state index contributed by atoms with van der Waals surface area (Å²) in [6, 6.07) is 15.9. The number of benzene rings is 2. The van der Waals surface area contributed by atoms with E-state index in [4.69, 9.17) is 9.84 Å². The SMILES string of the molecule is O=C(c1cccc(-n2nc(C(=O)N3CCOCC3)c3c2-c2ccccc2SC3)c1)N1CCCCC1. The zero-order chi connectivity index (χ0) is 23.8. The number of amides is 2. The van der Waals surface area contributed by atoms with Crippen molar-refractivity contribution in [2.45, 2.75) is 29.9 Å². The summed E-state index contributed by atoms with van der Waals surface area (Å²) in [7, 11) is 0. The van der Waals surface area contributed by atoms with Crippen molar-refractivity contribution in [3.63, 3.8) is 0 Å². The van der Waals surface area contributed by atoms with E-state index < -0.39 is 0 Å². The molecular formula is C27H28N4O3S. The lowest BCUT2D eigenvalue weighted by molar-refractivity contribution is 0.0298. The summed E-state index contributed by atoms with van der Waals surface area (Å²) in [6.07, 6.45) is 3.29. The van der Waals surface area contributed by atoms with E-state index in [2.05, 4.69) is 12.1 Å². The zero-order valence-corrected chi connectivity index (χ0v) is 20.4. The van der Waals surface area contributed by atoms with Crippen molar-refractivity contribution in [1.82, 2.24) is 19.6 Å². The highest BCUT2D eigenvalue weighted by atomic mass is 32.2. The summed E-state index contributed by atoms with van der Waals surface area (Å²) in [5.41, 5.74) is 4.92. The number of nitrogens with zero attached hydrogens (tertiary/aromatic N) is 4. The normalized spacial score (nSPS) is 17.6. The number of rotatable bonds is 3. The quantitative estimate of drug-likeness (QED) is 0.552. The minimum absolute atomic E-state index is 0.0520. The molecule has 2 saturated heterocycles. The highest BCUT2D eigenvalue weighted by Crippen LogP contribution is 2.43. The van der Waals surface area contributed by atoms with Gasteiger partial charge in [0, 0.05) is 53.5 Å². The van der Waals surface area contributed by atoms with Crippen LogP contribution in [-0.4, -0.2) is 70.8 Å². The van der Waals surface area contributed by atoms with Crippen LogP contribution in [0.4, 0.5) is 0 Å². The lowest BCUT2D eigenvalue weighted by Gasteiger charge is -2.27. The first-order chi connectivity index (χ1) is 17.2. The Morgan fingerprint density at radius 1 is 0.857 bits per heavy atom. The van der Waals surface area contributed by atoms with Crippen LogP contribution in [0.5, 0.6) is 0 Å². The number of fused-ring (bicyclic) bond motifs is 3. The van der Waals surface area contributed by atoms with E-state index in [0.29, 0.717) is 43.3 Å². The Morgan fingerprint density at radius 2 is 1.63 bits per heavy atom. The number of carbonyl (C=O) groups excluding carboxylic acids is 2. The minimum atomic E-state index is -0.0520. The van der Waals surface area contributed by atoms with E-state index in [-0.39, 0.29) is 11.8 Å². The third-order valence-corrected chi connectivity index (χ3v) is 8.08. The highest BCUT2D eigenvalue weighted by Gasteiger charge is 2.32. The number of likely N-dealkylation sites (tertiary alicyclic amines) is 1. The molecular weight excluding hydrogens is 460 g/mol. The molecule has 0 unspecified atom stereocenters. The van der Waals surface area contributed by atoms with Gasteiger partial charge in [-0.15, -0.1) is 11.8 Å². The first-order valence-electron chi connectivity index (χ1n) is 12.3. The van der Waals surface area contributed by atoms with Crippen LogP contribution in [-0.2, 0) is 10.5 Å². The molecule has 0 N–H and O–H groups in total. The summed E-state index contributed by atoms with van der Waals surface area (Å²) < 4.78 is 7.32. The Balaban J connectivity index is 1.44. The Labute approximate surface area is 209 Å². The molecule has 3 aromatic rings. The molecule has 0 spiro atoms. The van der Waals surface area contributed by atoms with Gasteiger partial charge in [0.25, 0.3) is 11.8 Å². The van der Waals surface area contributed by atoms with Gasteiger partial charge in [0.2, 0.25) is 0 Å². The number of thioether (sulfide) groups is 1. The molecule has 3 aliphatic heterocycles. The number of carbonyl (C=O) groups is 2. The molecule has 6 rings (SSSR count). The van der Waals surface area contributed by atoms with Gasteiger partial charge in [-0.05, 0) is 43.5 Å². The minimum Gasteiger partial charge on any atom is -0.378 e. The molecule has 0 bridgehead atoms. The van der Waals surface area contributed by atoms with Crippen molar-refractivity contribution in [3.05, 3.63) is 65.4 Å². The lowest BCUT2D eigenvalue weighted by Crippen LogP contribution is -2.41. The lowest BCUT2D eigenvalue weighted by atomic mass is 10.0. The van der Waals surface area contributed by atoms with Crippen LogP contribution in [0.2, 0.25) is 0 Å². The average molecular weight is 489 g/mol. The van der Waals surface area contributed by atoms with Crippen molar-refractivity contribution in [2.24, 2.45) is 0 Å². The maximum Gasteiger partial charge on any atom is 0.274 e. The molecule has 7 nitrogen and oxygen atoms in total. The molecule has 0 atom stereocenters. The van der Waals surface area contributed by atoms with E-state index in [1.165, 1.54) is 11.3 Å². The van der Waals surface area contributed by atoms with Crippen molar-refractivity contribution >= 4 is 23.6 Å². The average Bonchev–Trinajstić information content (AvgIpc) is 3.33. The van der Waals surface area contributed by atoms with Crippen molar-refractivity contribution in [3.8, 4) is 16.9 Å². The standard InChI is InChI=1S/C27H28N4O3S/c32-26(29-11-4-1-5-12-29)19-7-6-8-20(17-19)31-25-21-9-2-3-10-23(21)35-18-22(25)24(28-31)27(33)30-13-15-34-16-14-30/h2-3,6-10,17H,1,4-5,11-16,18H2. The Hall–Kier alpha value is -3.10. The summed E-state index contributed by atoms with van der Waals surface area (Å²) in [4.78, 5) is 31.7. The van der Waals surface area contributed by atoms with E-state index >= 15 is 0 Å². The van der Waals surface area contributed by atoms with Gasteiger partial charge in [-0.3, -0.25) is 9.59 Å². The van der Waals surface area contributed by atoms with Crippen LogP contribution in [0.1, 0.15) is 45.7 Å². The van der Waals surface area contributed by atoms with Crippen LogP contribution in [0, 0.1) is 0 Å². The van der Waals surface area contributed by atoms with Gasteiger partial charge in [-0.2, -0.15) is 5.10 Å². The summed E-state index contributed by atoms with van der Waals surface area (Å²) >= 11 is 1.74. The smallest absolute Gasteiger partial charge is 0.274 e. The van der Waals surface area contributed by atoms with Crippen LogP contribution in [0.15, 0.2) is 53.4 Å². The maximum absolute atomic E-state index is 13.5. The van der Waals surface area contributed by atoms with Crippen molar-refractivity contribution in [1.29, 1.82) is 0 Å². The zero-order valence-electron chi connectivity index (χ0n) is 19.6. The molecule has 180 valence electrons. The van der Waals surface area contributed by atoms with E-state index in [9.17, 15) is 9.59 Å². The molecule has 0 saturated carbocycles. The van der Waals surface area contributed by atoms with E-state index in [0.717, 1.165) is 48.4 Å². The predicted octanol–water partition coefficient (Wildman–Crippen LogP) is 4.24. The third kappa shape index (κ3) is 4.15. The molecule has 0 radical (unpaired) electrons. The number of morpholine rings is 1. The Morgan fingerprint density at radius 3 is 2.46 bits per heavy atom. The number of hydrogen-bond donors (Lipinski definition) is 0. The summed E-state index contributed by atoms with van der Waals surface area (Å²) in [6.45, 7) is 3.86. The number of piperidine rings is 1. The first-order valence-corrected chi connectivity index (χ1v) is 13.3. The first kappa shape index (κ1) is 22.4. The fourth-order valence-electron chi connectivity index (χ4n) is 5.13. The van der Waals surface area contributed by atoms with Gasteiger partial charge in [0.15, 0.2) is 5.69 Å². The molecule has 35 heavy (non-hydrogen) atoms. The van der Waals surface area contributed by atoms with Crippen molar-refractivity contribution in [2.75, 3.05) is 39.4 Å². The second kappa shape index (κ2) is 9.51. The van der Waals surface area contributed by atoms with Crippen LogP contribution in [0.25, 0.3) is 16.9 Å². The van der Waals surface area contributed by atoms with Gasteiger partial charge in [-0.25, -0.2) is 4.68 Å². The number of aromatic nitrogens is 2. The molecule has 8 heteroatoms. The van der Waals surface area contributed by atoms with Crippen LogP contribution in [0.3, 0.4) is 0 Å². The maximum atomic E-state index is 13.5. The molecule has 1 aromatic heterocycles. The third-order valence-electron chi connectivity index (χ3n) is 6.98. The molecule has 3 aliphatic rings. The Kier molecular flexibility index (Phi) is 6.08. The molecule has 2 amide bonds. The second-order valence-electron chi connectivity index (χ2n) is 9.18. The second-order valence-corrected chi connectivity index (χ2v) is 10.2. The number of hydrogen-bond acceptors (Lipinski definition) is 5. The van der Waals surface area contributed by atoms with E-state index in [1.807, 2.05) is 50.9 Å². The van der Waals surface area contributed by atoms with Gasteiger partial charge >= 0.3 is 0 Å². The molecule has 4 heterocycles. The van der Waals surface area contributed by atoms with Crippen LogP contribution < -0.4 is 0 Å². The fourth-order valence-corrected chi connectivity index (χ4v) is 6.20. The van der Waals surface area contributed by atoms with E-state index in [1.54, 1.807) is 11.8 Å². The van der Waals surface area contributed by atoms with Crippen molar-refractivity contribution < 1.29 is 14.3 Å². The number of ether oxygens (including phenoxy) is 1. The van der Waals surface area contributed by atoms with Crippen LogP contribution >= 0.6 is 11.8 Å². The molecule has 2 aromatic carbocycles. The van der Waals surface area contributed by atoms with Gasteiger partial charge in [0.1, 0.15) is 0 Å². The fraction of sp³-hybridized carbons (Fsp3) is 0.370. The predicted molar refractivity (Wildman–Crippen MR) is 135 cm³/mol. The summed E-state index contributed by atoms with van der Waals surface area (Å²) in [5.74, 6) is 0.696. The van der Waals surface area contributed by atoms with Gasteiger partial charge < -0.3 is 14.5 Å². The molecule has 0 aliphatic carbocycles. The molecule has 2 fully saturated rings. The Bertz CT molecular complexity index is 1280.